The average Bonchev–Trinajstić information content (AvgIpc) is 2.35. The van der Waals surface area contributed by atoms with Crippen LogP contribution in [0.1, 0.15) is 19.3 Å². The lowest BCUT2D eigenvalue weighted by molar-refractivity contribution is -0.129. The van der Waals surface area contributed by atoms with Crippen molar-refractivity contribution in [3.63, 3.8) is 0 Å². The fourth-order valence-corrected chi connectivity index (χ4v) is 1.92. The highest BCUT2D eigenvalue weighted by Gasteiger charge is 2.25. The van der Waals surface area contributed by atoms with E-state index in [0.29, 0.717) is 11.4 Å². The summed E-state index contributed by atoms with van der Waals surface area (Å²) < 4.78 is 5.13. The van der Waals surface area contributed by atoms with Crippen LogP contribution < -0.4 is 15.4 Å². The standard InChI is InChI=1S/C14H18N2O3/c1-19-12-8-3-2-7-11(12)16-13(17)9-15-14(18)10-5-4-6-10/h2-3,7-8,10H,4-6,9H2,1H3,(H,15,18)(H,16,17). The molecule has 0 spiro atoms. The molecule has 0 unspecified atom stereocenters. The van der Waals surface area contributed by atoms with Gasteiger partial charge in [-0.2, -0.15) is 0 Å². The number of hydrogen-bond acceptors (Lipinski definition) is 3. The summed E-state index contributed by atoms with van der Waals surface area (Å²) in [7, 11) is 1.54. The Balaban J connectivity index is 1.81. The highest BCUT2D eigenvalue weighted by Crippen LogP contribution is 2.26. The van der Waals surface area contributed by atoms with Crippen molar-refractivity contribution in [2.75, 3.05) is 19.0 Å². The van der Waals surface area contributed by atoms with Gasteiger partial charge in [0.1, 0.15) is 5.75 Å². The van der Waals surface area contributed by atoms with Gasteiger partial charge in [-0.25, -0.2) is 0 Å². The van der Waals surface area contributed by atoms with Crippen molar-refractivity contribution in [2.24, 2.45) is 5.92 Å². The summed E-state index contributed by atoms with van der Waals surface area (Å²) in [6.45, 7) is -0.00657. The van der Waals surface area contributed by atoms with Gasteiger partial charge in [0.2, 0.25) is 11.8 Å². The zero-order chi connectivity index (χ0) is 13.7. The van der Waals surface area contributed by atoms with Crippen LogP contribution in [-0.4, -0.2) is 25.5 Å². The third-order valence-electron chi connectivity index (χ3n) is 3.28. The Morgan fingerprint density at radius 2 is 2.05 bits per heavy atom. The molecule has 19 heavy (non-hydrogen) atoms. The van der Waals surface area contributed by atoms with E-state index in [9.17, 15) is 9.59 Å². The second-order valence-corrected chi connectivity index (χ2v) is 4.59. The van der Waals surface area contributed by atoms with Crippen molar-refractivity contribution in [3.8, 4) is 5.75 Å². The van der Waals surface area contributed by atoms with Crippen LogP contribution in [0.15, 0.2) is 24.3 Å². The fraction of sp³-hybridized carbons (Fsp3) is 0.429. The van der Waals surface area contributed by atoms with Gasteiger partial charge in [0, 0.05) is 5.92 Å². The van der Waals surface area contributed by atoms with Crippen LogP contribution in [-0.2, 0) is 9.59 Å². The quantitative estimate of drug-likeness (QED) is 0.846. The van der Waals surface area contributed by atoms with Gasteiger partial charge in [-0.3, -0.25) is 9.59 Å². The fourth-order valence-electron chi connectivity index (χ4n) is 1.92. The molecule has 0 aromatic heterocycles. The minimum absolute atomic E-state index is 0.00657. The summed E-state index contributed by atoms with van der Waals surface area (Å²) in [5.41, 5.74) is 0.605. The molecular weight excluding hydrogens is 244 g/mol. The molecule has 2 N–H and O–H groups in total. The van der Waals surface area contributed by atoms with Gasteiger partial charge < -0.3 is 15.4 Å². The minimum atomic E-state index is -0.253. The maximum Gasteiger partial charge on any atom is 0.243 e. The number of amides is 2. The number of methoxy groups -OCH3 is 1. The molecule has 1 aromatic rings. The van der Waals surface area contributed by atoms with Crippen molar-refractivity contribution in [2.45, 2.75) is 19.3 Å². The lowest BCUT2D eigenvalue weighted by Gasteiger charge is -2.23. The Kier molecular flexibility index (Phi) is 4.39. The molecule has 102 valence electrons. The maximum atomic E-state index is 11.7. The van der Waals surface area contributed by atoms with Crippen LogP contribution in [0, 0.1) is 5.92 Å². The first-order chi connectivity index (χ1) is 9.20. The molecule has 0 bridgehead atoms. The van der Waals surface area contributed by atoms with Gasteiger partial charge in [0.15, 0.2) is 0 Å². The molecule has 2 rings (SSSR count). The number of para-hydroxylation sites is 2. The Morgan fingerprint density at radius 3 is 2.68 bits per heavy atom. The van der Waals surface area contributed by atoms with Crippen molar-refractivity contribution < 1.29 is 14.3 Å². The molecule has 0 heterocycles. The van der Waals surface area contributed by atoms with Gasteiger partial charge in [-0.1, -0.05) is 18.6 Å². The van der Waals surface area contributed by atoms with Gasteiger partial charge >= 0.3 is 0 Å². The van der Waals surface area contributed by atoms with Crippen LogP contribution in [0.2, 0.25) is 0 Å². The molecule has 5 heteroatoms. The average molecular weight is 262 g/mol. The van der Waals surface area contributed by atoms with Crippen LogP contribution >= 0.6 is 0 Å². The normalized spacial score (nSPS) is 14.4. The molecule has 5 nitrogen and oxygen atoms in total. The monoisotopic (exact) mass is 262 g/mol. The predicted molar refractivity (Wildman–Crippen MR) is 72.0 cm³/mol. The smallest absolute Gasteiger partial charge is 0.243 e. The number of carbonyl (C=O) groups is 2. The van der Waals surface area contributed by atoms with Crippen molar-refractivity contribution >= 4 is 17.5 Å². The summed E-state index contributed by atoms with van der Waals surface area (Å²) in [5.74, 6) is 0.416. The van der Waals surface area contributed by atoms with Crippen LogP contribution in [0.3, 0.4) is 0 Å². The topological polar surface area (TPSA) is 67.4 Å². The summed E-state index contributed by atoms with van der Waals surface area (Å²) in [4.78, 5) is 23.3. The van der Waals surface area contributed by atoms with E-state index in [2.05, 4.69) is 10.6 Å². The van der Waals surface area contributed by atoms with E-state index < -0.39 is 0 Å². The molecule has 2 amide bonds. The van der Waals surface area contributed by atoms with Crippen LogP contribution in [0.25, 0.3) is 0 Å². The molecule has 0 atom stereocenters. The number of nitrogens with one attached hydrogen (secondary N) is 2. The van der Waals surface area contributed by atoms with Crippen LogP contribution in [0.5, 0.6) is 5.75 Å². The first kappa shape index (κ1) is 13.4. The van der Waals surface area contributed by atoms with Crippen molar-refractivity contribution in [1.82, 2.24) is 5.32 Å². The number of benzene rings is 1. The van der Waals surface area contributed by atoms with E-state index in [1.54, 1.807) is 19.2 Å². The lowest BCUT2D eigenvalue weighted by atomic mass is 9.85. The summed E-state index contributed by atoms with van der Waals surface area (Å²) >= 11 is 0. The van der Waals surface area contributed by atoms with E-state index >= 15 is 0 Å². The SMILES string of the molecule is COc1ccccc1NC(=O)CNC(=O)C1CCC1. The molecule has 1 saturated carbocycles. The van der Waals surface area contributed by atoms with Crippen molar-refractivity contribution in [1.29, 1.82) is 0 Å². The van der Waals surface area contributed by atoms with Crippen molar-refractivity contribution in [3.05, 3.63) is 24.3 Å². The zero-order valence-electron chi connectivity index (χ0n) is 10.9. The molecule has 1 aliphatic carbocycles. The molecule has 1 aliphatic rings. The van der Waals surface area contributed by atoms with E-state index in [4.69, 9.17) is 4.74 Å². The number of rotatable bonds is 5. The van der Waals surface area contributed by atoms with E-state index in [1.807, 2.05) is 12.1 Å². The largest absolute Gasteiger partial charge is 0.495 e. The summed E-state index contributed by atoms with van der Waals surface area (Å²) in [6.07, 6.45) is 2.96. The molecular formula is C14H18N2O3. The highest BCUT2D eigenvalue weighted by molar-refractivity contribution is 5.95. The Morgan fingerprint density at radius 1 is 1.32 bits per heavy atom. The molecule has 0 radical (unpaired) electrons. The summed E-state index contributed by atoms with van der Waals surface area (Å²) in [6, 6.07) is 7.16. The van der Waals surface area contributed by atoms with Gasteiger partial charge in [0.25, 0.3) is 0 Å². The molecule has 0 saturated heterocycles. The number of anilines is 1. The molecule has 0 aliphatic heterocycles. The minimum Gasteiger partial charge on any atom is -0.495 e. The Bertz CT molecular complexity index is 470. The zero-order valence-corrected chi connectivity index (χ0v) is 10.9. The number of hydrogen-bond donors (Lipinski definition) is 2. The first-order valence-corrected chi connectivity index (χ1v) is 6.41. The number of ether oxygens (including phenoxy) is 1. The van der Waals surface area contributed by atoms with E-state index in [-0.39, 0.29) is 24.3 Å². The third-order valence-corrected chi connectivity index (χ3v) is 3.28. The molecule has 1 aromatic carbocycles. The Hall–Kier alpha value is -2.04. The third kappa shape index (κ3) is 3.47. The second-order valence-electron chi connectivity index (χ2n) is 4.59. The second kappa shape index (κ2) is 6.22. The lowest BCUT2D eigenvalue weighted by Crippen LogP contribution is -2.39. The van der Waals surface area contributed by atoms with Gasteiger partial charge in [-0.15, -0.1) is 0 Å². The van der Waals surface area contributed by atoms with Gasteiger partial charge in [0.05, 0.1) is 19.3 Å². The van der Waals surface area contributed by atoms with E-state index in [0.717, 1.165) is 19.3 Å². The summed E-state index contributed by atoms with van der Waals surface area (Å²) in [5, 5.41) is 5.36. The van der Waals surface area contributed by atoms with E-state index in [1.165, 1.54) is 0 Å². The van der Waals surface area contributed by atoms with Crippen LogP contribution in [0.4, 0.5) is 5.69 Å². The van der Waals surface area contributed by atoms with Gasteiger partial charge in [-0.05, 0) is 25.0 Å². The Labute approximate surface area is 112 Å². The predicted octanol–water partition coefficient (Wildman–Crippen LogP) is 1.55. The first-order valence-electron chi connectivity index (χ1n) is 6.41. The highest BCUT2D eigenvalue weighted by atomic mass is 16.5. The molecule has 1 fully saturated rings. The maximum absolute atomic E-state index is 11.7. The number of carbonyl (C=O) groups excluding carboxylic acids is 2.